The fraction of sp³-hybridized carbons (Fsp3) is 0.0833. The third-order valence-electron chi connectivity index (χ3n) is 4.13. The number of ether oxygens (including phenoxy) is 2. The van der Waals surface area contributed by atoms with Crippen molar-refractivity contribution < 1.29 is 14.3 Å². The molecule has 5 nitrogen and oxygen atoms in total. The first-order valence-corrected chi connectivity index (χ1v) is 9.02. The molecule has 0 saturated heterocycles. The third kappa shape index (κ3) is 5.72. The molecule has 0 aliphatic rings. The summed E-state index contributed by atoms with van der Waals surface area (Å²) in [5.74, 6) is 0.870. The molecule has 29 heavy (non-hydrogen) atoms. The summed E-state index contributed by atoms with van der Waals surface area (Å²) in [4.78, 5) is 12.4. The van der Waals surface area contributed by atoms with Gasteiger partial charge in [0.25, 0.3) is 5.91 Å². The maximum absolute atomic E-state index is 12.4. The number of benzene rings is 3. The topological polar surface area (TPSA) is 71.3 Å². The monoisotopic (exact) mass is 384 g/mol. The summed E-state index contributed by atoms with van der Waals surface area (Å²) in [6.45, 7) is 0.442. The number of nitriles is 1. The van der Waals surface area contributed by atoms with Gasteiger partial charge in [-0.2, -0.15) is 5.26 Å². The minimum Gasteiger partial charge on any atom is -0.497 e. The fourth-order valence-electron chi connectivity index (χ4n) is 2.62. The fourth-order valence-corrected chi connectivity index (χ4v) is 2.62. The molecule has 3 aromatic rings. The number of hydrogen-bond donors (Lipinski definition) is 1. The highest BCUT2D eigenvalue weighted by molar-refractivity contribution is 6.09. The van der Waals surface area contributed by atoms with Gasteiger partial charge in [-0.25, -0.2) is 0 Å². The Bertz CT molecular complexity index is 1040. The molecule has 0 aliphatic carbocycles. The second kappa shape index (κ2) is 9.77. The average molecular weight is 384 g/mol. The smallest absolute Gasteiger partial charge is 0.266 e. The molecule has 0 unspecified atom stereocenters. The van der Waals surface area contributed by atoms with Crippen molar-refractivity contribution in [2.75, 3.05) is 12.4 Å². The second-order valence-electron chi connectivity index (χ2n) is 6.20. The summed E-state index contributed by atoms with van der Waals surface area (Å²) in [5.41, 5.74) is 2.35. The van der Waals surface area contributed by atoms with Crippen molar-refractivity contribution in [3.05, 3.63) is 95.6 Å². The quantitative estimate of drug-likeness (QED) is 0.468. The summed E-state index contributed by atoms with van der Waals surface area (Å²) in [7, 11) is 1.57. The van der Waals surface area contributed by atoms with Crippen LogP contribution >= 0.6 is 0 Å². The van der Waals surface area contributed by atoms with Crippen LogP contribution in [0.3, 0.4) is 0 Å². The van der Waals surface area contributed by atoms with E-state index in [0.717, 1.165) is 5.56 Å². The highest BCUT2D eigenvalue weighted by atomic mass is 16.5. The normalized spacial score (nSPS) is 10.7. The Kier molecular flexibility index (Phi) is 6.64. The maximum Gasteiger partial charge on any atom is 0.266 e. The van der Waals surface area contributed by atoms with Gasteiger partial charge in [0.2, 0.25) is 0 Å². The molecule has 0 bridgehead atoms. The van der Waals surface area contributed by atoms with E-state index < -0.39 is 5.91 Å². The van der Waals surface area contributed by atoms with Crippen LogP contribution < -0.4 is 14.8 Å². The lowest BCUT2D eigenvalue weighted by Gasteiger charge is -2.08. The van der Waals surface area contributed by atoms with E-state index in [9.17, 15) is 10.1 Å². The summed E-state index contributed by atoms with van der Waals surface area (Å²) in [5, 5.41) is 12.1. The van der Waals surface area contributed by atoms with Gasteiger partial charge in [0, 0.05) is 5.69 Å². The van der Waals surface area contributed by atoms with Gasteiger partial charge in [-0.05, 0) is 53.6 Å². The lowest BCUT2D eigenvalue weighted by molar-refractivity contribution is -0.112. The van der Waals surface area contributed by atoms with Gasteiger partial charge >= 0.3 is 0 Å². The number of nitrogens with zero attached hydrogens (tertiary/aromatic N) is 1. The molecule has 0 fully saturated rings. The van der Waals surface area contributed by atoms with Gasteiger partial charge in [-0.3, -0.25) is 4.79 Å². The lowest BCUT2D eigenvalue weighted by Crippen LogP contribution is -2.13. The van der Waals surface area contributed by atoms with Gasteiger partial charge in [-0.1, -0.05) is 42.5 Å². The Morgan fingerprint density at radius 2 is 1.76 bits per heavy atom. The molecule has 0 atom stereocenters. The Labute approximate surface area is 169 Å². The maximum atomic E-state index is 12.4. The number of nitrogens with one attached hydrogen (secondary N) is 1. The van der Waals surface area contributed by atoms with Crippen molar-refractivity contribution in [1.82, 2.24) is 0 Å². The number of carbonyl (C=O) groups excluding carboxylic acids is 1. The molecule has 3 aromatic carbocycles. The molecule has 0 spiro atoms. The van der Waals surface area contributed by atoms with E-state index >= 15 is 0 Å². The molecule has 1 N–H and O–H groups in total. The van der Waals surface area contributed by atoms with Crippen LogP contribution in [-0.2, 0) is 11.4 Å². The van der Waals surface area contributed by atoms with E-state index in [4.69, 9.17) is 9.47 Å². The number of carbonyl (C=O) groups is 1. The number of amides is 1. The van der Waals surface area contributed by atoms with Crippen molar-refractivity contribution >= 4 is 17.7 Å². The van der Waals surface area contributed by atoms with E-state index in [2.05, 4.69) is 5.32 Å². The van der Waals surface area contributed by atoms with Crippen LogP contribution in [0.25, 0.3) is 6.08 Å². The average Bonchev–Trinajstić information content (AvgIpc) is 2.77. The standard InChI is InChI=1S/C24H20N2O3/c1-28-22-12-10-21(11-13-22)26-24(27)20(16-25)14-19-8-5-9-23(15-19)29-17-18-6-3-2-4-7-18/h2-15H,17H2,1H3,(H,26,27)/b20-14+. The van der Waals surface area contributed by atoms with Crippen LogP contribution in [0, 0.1) is 11.3 Å². The predicted octanol–water partition coefficient (Wildman–Crippen LogP) is 4.82. The zero-order chi connectivity index (χ0) is 20.5. The first-order valence-electron chi connectivity index (χ1n) is 9.02. The highest BCUT2D eigenvalue weighted by Crippen LogP contribution is 2.19. The lowest BCUT2D eigenvalue weighted by atomic mass is 10.1. The molecule has 0 aliphatic heterocycles. The van der Waals surface area contributed by atoms with E-state index in [0.29, 0.717) is 29.4 Å². The zero-order valence-corrected chi connectivity index (χ0v) is 16.0. The van der Waals surface area contributed by atoms with Crippen molar-refractivity contribution in [3.8, 4) is 17.6 Å². The molecule has 5 heteroatoms. The van der Waals surface area contributed by atoms with E-state index in [-0.39, 0.29) is 5.57 Å². The molecule has 0 saturated carbocycles. The summed E-state index contributed by atoms with van der Waals surface area (Å²) < 4.78 is 10.9. The largest absolute Gasteiger partial charge is 0.497 e. The Balaban J connectivity index is 1.69. The second-order valence-corrected chi connectivity index (χ2v) is 6.20. The Morgan fingerprint density at radius 3 is 2.45 bits per heavy atom. The number of anilines is 1. The number of rotatable bonds is 7. The molecular weight excluding hydrogens is 364 g/mol. The zero-order valence-electron chi connectivity index (χ0n) is 16.0. The van der Waals surface area contributed by atoms with Gasteiger partial charge in [0.1, 0.15) is 29.7 Å². The summed E-state index contributed by atoms with van der Waals surface area (Å²) >= 11 is 0. The van der Waals surface area contributed by atoms with Crippen molar-refractivity contribution in [3.63, 3.8) is 0 Å². The molecule has 1 amide bonds. The van der Waals surface area contributed by atoms with E-state index in [1.54, 1.807) is 37.4 Å². The van der Waals surface area contributed by atoms with Gasteiger partial charge < -0.3 is 14.8 Å². The molecule has 0 radical (unpaired) electrons. The van der Waals surface area contributed by atoms with Crippen molar-refractivity contribution in [2.24, 2.45) is 0 Å². The number of methoxy groups -OCH3 is 1. The Hall–Kier alpha value is -4.04. The summed E-state index contributed by atoms with van der Waals surface area (Å²) in [6, 6.07) is 26.0. The SMILES string of the molecule is COc1ccc(NC(=O)/C(C#N)=C/c2cccc(OCc3ccccc3)c2)cc1. The van der Waals surface area contributed by atoms with Gasteiger partial charge in [0.15, 0.2) is 0 Å². The van der Waals surface area contributed by atoms with Crippen molar-refractivity contribution in [1.29, 1.82) is 5.26 Å². The van der Waals surface area contributed by atoms with Crippen LogP contribution in [0.2, 0.25) is 0 Å². The van der Waals surface area contributed by atoms with Crippen LogP contribution in [0.15, 0.2) is 84.4 Å². The molecule has 3 rings (SSSR count). The van der Waals surface area contributed by atoms with Crippen molar-refractivity contribution in [2.45, 2.75) is 6.61 Å². The third-order valence-corrected chi connectivity index (χ3v) is 4.13. The van der Waals surface area contributed by atoms with Crippen LogP contribution in [0.5, 0.6) is 11.5 Å². The van der Waals surface area contributed by atoms with Gasteiger partial charge in [0.05, 0.1) is 7.11 Å². The molecule has 144 valence electrons. The van der Waals surface area contributed by atoms with Crippen LogP contribution in [0.1, 0.15) is 11.1 Å². The molecule has 0 aromatic heterocycles. The number of hydrogen-bond acceptors (Lipinski definition) is 4. The summed E-state index contributed by atoms with van der Waals surface area (Å²) in [6.07, 6.45) is 1.54. The van der Waals surface area contributed by atoms with Crippen LogP contribution in [-0.4, -0.2) is 13.0 Å². The first kappa shape index (κ1) is 19.7. The molecular formula is C24H20N2O3. The highest BCUT2D eigenvalue weighted by Gasteiger charge is 2.10. The van der Waals surface area contributed by atoms with E-state index in [1.807, 2.05) is 54.6 Å². The van der Waals surface area contributed by atoms with E-state index in [1.165, 1.54) is 6.08 Å². The van der Waals surface area contributed by atoms with Gasteiger partial charge in [-0.15, -0.1) is 0 Å². The Morgan fingerprint density at radius 1 is 1.00 bits per heavy atom. The molecule has 0 heterocycles. The predicted molar refractivity (Wildman–Crippen MR) is 112 cm³/mol. The minimum absolute atomic E-state index is 0.000951. The van der Waals surface area contributed by atoms with Crippen LogP contribution in [0.4, 0.5) is 5.69 Å². The minimum atomic E-state index is -0.478. The first-order chi connectivity index (χ1) is 14.2.